The average molecular weight is 463 g/mol. The normalized spacial score (nSPS) is 14.1. The molecule has 0 aliphatic carbocycles. The molecule has 188 valence electrons. The molecule has 4 N–H and O–H groups in total. The van der Waals surface area contributed by atoms with Crippen molar-refractivity contribution >= 4 is 24.1 Å². The zero-order chi connectivity index (χ0) is 26.3. The molecular weight excluding hydrogens is 420 g/mol. The van der Waals surface area contributed by atoms with E-state index in [-0.39, 0.29) is 0 Å². The van der Waals surface area contributed by atoms with Crippen LogP contribution in [0, 0.1) is 10.8 Å². The monoisotopic (exact) mass is 462 g/mol. The van der Waals surface area contributed by atoms with Crippen LogP contribution in [0.15, 0.2) is 0 Å². The van der Waals surface area contributed by atoms with Crippen molar-refractivity contribution in [2.75, 3.05) is 0 Å². The van der Waals surface area contributed by atoms with Crippen molar-refractivity contribution in [3.05, 3.63) is 0 Å². The van der Waals surface area contributed by atoms with Crippen LogP contribution in [-0.4, -0.2) is 57.6 Å². The minimum Gasteiger partial charge on any atom is -0.480 e. The summed E-state index contributed by atoms with van der Waals surface area (Å²) < 4.78 is 10.0. The van der Waals surface area contributed by atoms with E-state index in [1.54, 1.807) is 83.1 Å². The largest absolute Gasteiger partial charge is 0.480 e. The number of hydrogen-bond acceptors (Lipinski definition) is 6. The number of carboxylic acid groups (broad SMARTS) is 2. The molecule has 0 saturated heterocycles. The molecule has 0 aliphatic rings. The van der Waals surface area contributed by atoms with Crippen LogP contribution in [0.4, 0.5) is 9.59 Å². The summed E-state index contributed by atoms with van der Waals surface area (Å²) in [6.07, 6.45) is -1.43. The van der Waals surface area contributed by atoms with Gasteiger partial charge < -0.3 is 30.3 Å². The first kappa shape index (κ1) is 31.7. The summed E-state index contributed by atoms with van der Waals surface area (Å²) >= 11 is 0. The van der Waals surface area contributed by atoms with Crippen molar-refractivity contribution in [2.45, 2.75) is 106 Å². The number of carboxylic acids is 2. The van der Waals surface area contributed by atoms with Crippen LogP contribution in [0.2, 0.25) is 0 Å². The van der Waals surface area contributed by atoms with Gasteiger partial charge in [0, 0.05) is 0 Å². The van der Waals surface area contributed by atoms with Gasteiger partial charge in [0.15, 0.2) is 0 Å². The molecule has 2 atom stereocenters. The maximum Gasteiger partial charge on any atom is 0.408 e. The van der Waals surface area contributed by atoms with E-state index in [2.05, 4.69) is 10.6 Å². The van der Waals surface area contributed by atoms with Crippen molar-refractivity contribution < 1.29 is 38.9 Å². The van der Waals surface area contributed by atoms with Crippen molar-refractivity contribution in [1.29, 1.82) is 0 Å². The molecule has 0 rings (SSSR count). The van der Waals surface area contributed by atoms with Crippen LogP contribution in [0.1, 0.15) is 83.1 Å². The number of rotatable bonds is 4. The maximum absolute atomic E-state index is 11.4. The molecule has 0 fully saturated rings. The number of carbonyl (C=O) groups is 4. The first-order valence-corrected chi connectivity index (χ1v) is 10.3. The number of amides is 2. The number of alkyl carbamates (subject to hydrolysis) is 2. The molecule has 1 unspecified atom stereocenters. The van der Waals surface area contributed by atoms with Gasteiger partial charge in [0.2, 0.25) is 0 Å². The third-order valence-electron chi connectivity index (χ3n) is 3.55. The van der Waals surface area contributed by atoms with Gasteiger partial charge in [0.05, 0.1) is 0 Å². The van der Waals surface area contributed by atoms with Crippen LogP contribution < -0.4 is 10.6 Å². The Morgan fingerprint density at radius 3 is 0.906 bits per heavy atom. The molecular formula is C22H42N2O8. The molecule has 32 heavy (non-hydrogen) atoms. The Hall–Kier alpha value is -2.52. The summed E-state index contributed by atoms with van der Waals surface area (Å²) in [6, 6.07) is -1.94. The first-order chi connectivity index (χ1) is 13.9. The summed E-state index contributed by atoms with van der Waals surface area (Å²) in [5.41, 5.74) is -2.40. The quantitative estimate of drug-likeness (QED) is 0.489. The van der Waals surface area contributed by atoms with Gasteiger partial charge >= 0.3 is 24.1 Å². The molecule has 0 aromatic carbocycles. The van der Waals surface area contributed by atoms with Gasteiger partial charge in [0.1, 0.15) is 23.3 Å². The van der Waals surface area contributed by atoms with Gasteiger partial charge in [-0.15, -0.1) is 0 Å². The van der Waals surface area contributed by atoms with Crippen molar-refractivity contribution in [2.24, 2.45) is 10.8 Å². The molecule has 0 heterocycles. The summed E-state index contributed by atoms with van der Waals surface area (Å²) in [4.78, 5) is 44.8. The second-order valence-electron chi connectivity index (χ2n) is 11.6. The highest BCUT2D eigenvalue weighted by atomic mass is 16.6. The minimum absolute atomic E-state index is 0.567. The van der Waals surface area contributed by atoms with E-state index < -0.39 is 58.2 Å². The molecule has 0 aromatic rings. The van der Waals surface area contributed by atoms with Gasteiger partial charge in [0.25, 0.3) is 0 Å². The fourth-order valence-corrected chi connectivity index (χ4v) is 2.15. The van der Waals surface area contributed by atoms with Crippen molar-refractivity contribution in [3.8, 4) is 0 Å². The highest BCUT2D eigenvalue weighted by molar-refractivity contribution is 5.81. The Morgan fingerprint density at radius 1 is 0.562 bits per heavy atom. The van der Waals surface area contributed by atoms with E-state index in [4.69, 9.17) is 19.7 Å². The third kappa shape index (κ3) is 15.3. The summed E-state index contributed by atoms with van der Waals surface area (Å²) in [6.45, 7) is 20.8. The van der Waals surface area contributed by atoms with Gasteiger partial charge in [-0.05, 0) is 52.4 Å². The number of hydrogen-bond donors (Lipinski definition) is 4. The van der Waals surface area contributed by atoms with Crippen LogP contribution in [0.5, 0.6) is 0 Å². The molecule has 10 nitrogen and oxygen atoms in total. The topological polar surface area (TPSA) is 151 Å². The lowest BCUT2D eigenvalue weighted by molar-refractivity contribution is -0.143. The predicted molar refractivity (Wildman–Crippen MR) is 120 cm³/mol. The molecule has 0 spiro atoms. The van der Waals surface area contributed by atoms with E-state index in [9.17, 15) is 19.2 Å². The van der Waals surface area contributed by atoms with E-state index >= 15 is 0 Å². The molecule has 0 bridgehead atoms. The second kappa shape index (κ2) is 11.4. The standard InChI is InChI=1S/2C11H21NO4/c2*1-10(2,3)7(8(13)14)12-9(15)16-11(4,5)6/h2*7H,1-6H3,(H,12,15)(H,13,14)/t7-;/m1./s1. The van der Waals surface area contributed by atoms with Gasteiger partial charge in [-0.25, -0.2) is 19.2 Å². The zero-order valence-electron chi connectivity index (χ0n) is 21.5. The van der Waals surface area contributed by atoms with Crippen molar-refractivity contribution in [1.82, 2.24) is 10.6 Å². The van der Waals surface area contributed by atoms with Crippen LogP contribution >= 0.6 is 0 Å². The molecule has 10 heteroatoms. The molecule has 0 aliphatic heterocycles. The molecule has 0 saturated carbocycles. The summed E-state index contributed by atoms with van der Waals surface area (Å²) in [7, 11) is 0. The number of aliphatic carboxylic acids is 2. The van der Waals surface area contributed by atoms with E-state index in [1.165, 1.54) is 0 Å². The number of ether oxygens (including phenoxy) is 2. The van der Waals surface area contributed by atoms with Gasteiger partial charge in [-0.3, -0.25) is 0 Å². The molecule has 0 aromatic heterocycles. The fraction of sp³-hybridized carbons (Fsp3) is 0.818. The van der Waals surface area contributed by atoms with Crippen molar-refractivity contribution in [3.63, 3.8) is 0 Å². The number of nitrogens with one attached hydrogen (secondary N) is 2. The molecule has 0 radical (unpaired) electrons. The Morgan fingerprint density at radius 2 is 0.781 bits per heavy atom. The average Bonchev–Trinajstić information content (AvgIpc) is 2.44. The predicted octanol–water partition coefficient (Wildman–Crippen LogP) is 4.02. The Bertz CT molecular complexity index is 603. The lowest BCUT2D eigenvalue weighted by Gasteiger charge is -2.29. The Labute approximate surface area is 191 Å². The highest BCUT2D eigenvalue weighted by Gasteiger charge is 2.35. The smallest absolute Gasteiger partial charge is 0.408 e. The lowest BCUT2D eigenvalue weighted by Crippen LogP contribution is -2.50. The SMILES string of the molecule is CC(C)(C)OC(=O)NC(C(=O)O)C(C)(C)C.CC(C)(C)OC(=O)N[C@H](C(=O)O)C(C)(C)C. The van der Waals surface area contributed by atoms with E-state index in [0.29, 0.717) is 0 Å². The summed E-state index contributed by atoms with van der Waals surface area (Å²) in [5, 5.41) is 22.7. The second-order valence-corrected chi connectivity index (χ2v) is 11.6. The van der Waals surface area contributed by atoms with E-state index in [0.717, 1.165) is 0 Å². The van der Waals surface area contributed by atoms with Crippen LogP contribution in [-0.2, 0) is 19.1 Å². The lowest BCUT2D eigenvalue weighted by atomic mass is 9.87. The first-order valence-electron chi connectivity index (χ1n) is 10.3. The van der Waals surface area contributed by atoms with Crippen LogP contribution in [0.25, 0.3) is 0 Å². The maximum atomic E-state index is 11.4. The summed E-state index contributed by atoms with van der Waals surface area (Å²) in [5.74, 6) is -2.14. The fourth-order valence-electron chi connectivity index (χ4n) is 2.15. The highest BCUT2D eigenvalue weighted by Crippen LogP contribution is 2.21. The number of carbonyl (C=O) groups excluding carboxylic acids is 2. The minimum atomic E-state index is -1.07. The van der Waals surface area contributed by atoms with Gasteiger partial charge in [-0.1, -0.05) is 41.5 Å². The van der Waals surface area contributed by atoms with Gasteiger partial charge in [-0.2, -0.15) is 0 Å². The Kier molecular flexibility index (Phi) is 11.3. The molecule has 2 amide bonds. The zero-order valence-corrected chi connectivity index (χ0v) is 21.5. The Balaban J connectivity index is 0. The van der Waals surface area contributed by atoms with E-state index in [1.807, 2.05) is 0 Å². The third-order valence-corrected chi connectivity index (χ3v) is 3.55. The van der Waals surface area contributed by atoms with Crippen LogP contribution in [0.3, 0.4) is 0 Å².